The highest BCUT2D eigenvalue weighted by atomic mass is 16.5. The third kappa shape index (κ3) is 6.69. The lowest BCUT2D eigenvalue weighted by Crippen LogP contribution is -2.50. The Morgan fingerprint density at radius 3 is 2.58 bits per heavy atom. The molecule has 0 aliphatic rings. The molecule has 0 aliphatic heterocycles. The Balaban J connectivity index is 1.79. The zero-order valence-electron chi connectivity index (χ0n) is 18.8. The van der Waals surface area contributed by atoms with Crippen molar-refractivity contribution in [2.45, 2.75) is 45.7 Å². The minimum absolute atomic E-state index is 0.145. The number of aromatic nitrogens is 1. The fraction of sp³-hybridized carbons (Fsp3) is 0.375. The Morgan fingerprint density at radius 2 is 1.88 bits per heavy atom. The Labute approximate surface area is 191 Å². The number of fused-ring (bicyclic) bond motifs is 1. The van der Waals surface area contributed by atoms with E-state index < -0.39 is 23.8 Å². The molecular weight excluding hydrogens is 424 g/mol. The molecule has 3 rings (SSSR count). The summed E-state index contributed by atoms with van der Waals surface area (Å²) in [6.07, 6.45) is 3.88. The van der Waals surface area contributed by atoms with Crippen LogP contribution in [-0.2, 0) is 27.3 Å². The van der Waals surface area contributed by atoms with Crippen molar-refractivity contribution in [2.75, 3.05) is 0 Å². The summed E-state index contributed by atoms with van der Waals surface area (Å²) in [6.45, 7) is 4.07. The van der Waals surface area contributed by atoms with E-state index in [4.69, 9.17) is 9.62 Å². The number of hydroxylamine groups is 1. The molecule has 2 heterocycles. The lowest BCUT2D eigenvalue weighted by atomic mass is 9.92. The predicted octanol–water partition coefficient (Wildman–Crippen LogP) is 2.66. The number of amides is 3. The molecule has 0 radical (unpaired) electrons. The van der Waals surface area contributed by atoms with Crippen LogP contribution in [0.5, 0.6) is 0 Å². The average Bonchev–Trinajstić information content (AvgIpc) is 3.46. The van der Waals surface area contributed by atoms with Gasteiger partial charge in [0.1, 0.15) is 11.8 Å². The summed E-state index contributed by atoms with van der Waals surface area (Å²) in [5.74, 6) is -1.36. The number of benzene rings is 1. The van der Waals surface area contributed by atoms with Crippen LogP contribution in [0.15, 0.2) is 53.3 Å². The van der Waals surface area contributed by atoms with Gasteiger partial charge >= 0.3 is 0 Å². The third-order valence-electron chi connectivity index (χ3n) is 5.43. The van der Waals surface area contributed by atoms with Crippen molar-refractivity contribution in [2.24, 2.45) is 11.8 Å². The first-order chi connectivity index (χ1) is 15.9. The highest BCUT2D eigenvalue weighted by Crippen LogP contribution is 2.20. The number of rotatable bonds is 11. The molecule has 9 heteroatoms. The molecule has 9 nitrogen and oxygen atoms in total. The summed E-state index contributed by atoms with van der Waals surface area (Å²) < 4.78 is 5.27. The topological polar surface area (TPSA) is 136 Å². The molecule has 176 valence electrons. The normalized spacial score (nSPS) is 13.0. The Hall–Kier alpha value is -3.59. The van der Waals surface area contributed by atoms with E-state index in [1.54, 1.807) is 17.6 Å². The minimum Gasteiger partial charge on any atom is -0.467 e. The van der Waals surface area contributed by atoms with Gasteiger partial charge in [-0.1, -0.05) is 32.0 Å². The van der Waals surface area contributed by atoms with Crippen LogP contribution in [0.25, 0.3) is 10.9 Å². The van der Waals surface area contributed by atoms with Crippen LogP contribution in [0.2, 0.25) is 0 Å². The maximum Gasteiger partial charge on any atom is 0.244 e. The summed E-state index contributed by atoms with van der Waals surface area (Å²) in [6, 6.07) is 10.3. The fourth-order valence-corrected chi connectivity index (χ4v) is 3.85. The molecule has 3 aromatic rings. The number of carbonyl (C=O) groups is 3. The lowest BCUT2D eigenvalue weighted by Gasteiger charge is -2.23. The van der Waals surface area contributed by atoms with E-state index in [-0.39, 0.29) is 31.2 Å². The van der Waals surface area contributed by atoms with Gasteiger partial charge in [0, 0.05) is 35.9 Å². The second-order valence-electron chi connectivity index (χ2n) is 8.49. The Morgan fingerprint density at radius 1 is 1.09 bits per heavy atom. The maximum atomic E-state index is 13.1. The first-order valence-corrected chi connectivity index (χ1v) is 11.0. The van der Waals surface area contributed by atoms with E-state index >= 15 is 0 Å². The van der Waals surface area contributed by atoms with Gasteiger partial charge in [-0.15, -0.1) is 0 Å². The molecule has 2 atom stereocenters. The van der Waals surface area contributed by atoms with Crippen molar-refractivity contribution in [3.63, 3.8) is 0 Å². The summed E-state index contributed by atoms with van der Waals surface area (Å²) in [5, 5.41) is 15.5. The van der Waals surface area contributed by atoms with Crippen LogP contribution in [0.4, 0.5) is 0 Å². The van der Waals surface area contributed by atoms with E-state index in [9.17, 15) is 14.4 Å². The third-order valence-corrected chi connectivity index (χ3v) is 5.43. The molecule has 0 bridgehead atoms. The molecule has 0 fully saturated rings. The summed E-state index contributed by atoms with van der Waals surface area (Å²) >= 11 is 0. The van der Waals surface area contributed by atoms with E-state index in [1.165, 1.54) is 6.26 Å². The molecule has 0 saturated carbocycles. The van der Waals surface area contributed by atoms with Crippen molar-refractivity contribution >= 4 is 28.6 Å². The van der Waals surface area contributed by atoms with Crippen molar-refractivity contribution < 1.29 is 24.0 Å². The van der Waals surface area contributed by atoms with Crippen LogP contribution in [0, 0.1) is 11.8 Å². The molecule has 0 saturated heterocycles. The van der Waals surface area contributed by atoms with Gasteiger partial charge in [-0.2, -0.15) is 0 Å². The molecule has 1 aromatic carbocycles. The van der Waals surface area contributed by atoms with Gasteiger partial charge in [0.25, 0.3) is 0 Å². The lowest BCUT2D eigenvalue weighted by molar-refractivity contribution is -0.136. The van der Waals surface area contributed by atoms with Gasteiger partial charge in [0.15, 0.2) is 0 Å². The van der Waals surface area contributed by atoms with Gasteiger partial charge in [-0.25, -0.2) is 5.48 Å². The molecule has 5 N–H and O–H groups in total. The zero-order chi connectivity index (χ0) is 23.8. The van der Waals surface area contributed by atoms with E-state index in [0.717, 1.165) is 16.5 Å². The van der Waals surface area contributed by atoms with Crippen LogP contribution < -0.4 is 16.1 Å². The SMILES string of the molecule is CC(C)C[C@H](CC(=O)NO)C(=O)N[C@@H](Cc1c[nH]c2ccccc12)C(=O)NCc1ccco1. The molecule has 0 unspecified atom stereocenters. The van der Waals surface area contributed by atoms with E-state index in [2.05, 4.69) is 15.6 Å². The van der Waals surface area contributed by atoms with Crippen molar-refractivity contribution in [3.05, 3.63) is 60.2 Å². The number of furan rings is 1. The molecule has 33 heavy (non-hydrogen) atoms. The number of nitrogens with one attached hydrogen (secondary N) is 4. The van der Waals surface area contributed by atoms with Crippen molar-refractivity contribution in [1.29, 1.82) is 0 Å². The van der Waals surface area contributed by atoms with Gasteiger partial charge in [0.05, 0.1) is 12.8 Å². The second kappa shape index (κ2) is 11.3. The quantitative estimate of drug-likeness (QED) is 0.224. The van der Waals surface area contributed by atoms with Crippen LogP contribution >= 0.6 is 0 Å². The minimum atomic E-state index is -0.862. The van der Waals surface area contributed by atoms with Crippen molar-refractivity contribution in [1.82, 2.24) is 21.1 Å². The van der Waals surface area contributed by atoms with Crippen LogP contribution in [0.1, 0.15) is 38.0 Å². The summed E-state index contributed by atoms with van der Waals surface area (Å²) in [7, 11) is 0. The van der Waals surface area contributed by atoms with Crippen LogP contribution in [-0.4, -0.2) is 34.0 Å². The first-order valence-electron chi connectivity index (χ1n) is 11.0. The Kier molecular flexibility index (Phi) is 8.26. The smallest absolute Gasteiger partial charge is 0.244 e. The number of H-pyrrole nitrogens is 1. The summed E-state index contributed by atoms with van der Waals surface area (Å²) in [5.41, 5.74) is 3.40. The van der Waals surface area contributed by atoms with E-state index in [1.807, 2.05) is 44.3 Å². The fourth-order valence-electron chi connectivity index (χ4n) is 3.85. The number of carbonyl (C=O) groups excluding carboxylic acids is 3. The summed E-state index contributed by atoms with van der Waals surface area (Å²) in [4.78, 5) is 41.1. The van der Waals surface area contributed by atoms with Gasteiger partial charge in [0.2, 0.25) is 17.7 Å². The van der Waals surface area contributed by atoms with Crippen molar-refractivity contribution in [3.8, 4) is 0 Å². The predicted molar refractivity (Wildman–Crippen MR) is 122 cm³/mol. The van der Waals surface area contributed by atoms with Gasteiger partial charge < -0.3 is 20.0 Å². The molecule has 2 aromatic heterocycles. The zero-order valence-corrected chi connectivity index (χ0v) is 18.8. The number of para-hydroxylation sites is 1. The largest absolute Gasteiger partial charge is 0.467 e. The van der Waals surface area contributed by atoms with Gasteiger partial charge in [-0.05, 0) is 36.1 Å². The van der Waals surface area contributed by atoms with E-state index in [0.29, 0.717) is 12.2 Å². The molecule has 0 aliphatic carbocycles. The molecular formula is C24H30N4O5. The highest BCUT2D eigenvalue weighted by molar-refractivity contribution is 5.91. The van der Waals surface area contributed by atoms with Gasteiger partial charge in [-0.3, -0.25) is 19.6 Å². The standard InChI is InChI=1S/C24H30N4O5/c1-15(2)10-16(12-22(29)28-32)23(30)27-21(24(31)26-14-18-6-5-9-33-18)11-17-13-25-20-8-4-3-7-19(17)20/h3-9,13,15-16,21,25,32H,10-12,14H2,1-2H3,(H,26,31)(H,27,30)(H,28,29)/t16-,21+/m1/s1. The highest BCUT2D eigenvalue weighted by Gasteiger charge is 2.28. The monoisotopic (exact) mass is 454 g/mol. The number of hydrogen-bond acceptors (Lipinski definition) is 5. The number of aromatic amines is 1. The Bertz CT molecular complexity index is 1070. The molecule has 3 amide bonds. The average molecular weight is 455 g/mol. The second-order valence-corrected chi connectivity index (χ2v) is 8.49. The first kappa shape index (κ1) is 24.1. The van der Waals surface area contributed by atoms with Crippen LogP contribution in [0.3, 0.4) is 0 Å². The maximum absolute atomic E-state index is 13.1. The molecule has 0 spiro atoms. The number of hydrogen-bond donors (Lipinski definition) is 5.